The number of carbonyl (C=O) groups excluding carboxylic acids is 1. The van der Waals surface area contributed by atoms with E-state index in [-0.39, 0.29) is 18.2 Å². The Morgan fingerprint density at radius 3 is 2.55 bits per heavy atom. The third-order valence-electron chi connectivity index (χ3n) is 3.88. The highest BCUT2D eigenvalue weighted by Gasteiger charge is 2.26. The van der Waals surface area contributed by atoms with E-state index < -0.39 is 10.0 Å². The van der Waals surface area contributed by atoms with E-state index >= 15 is 0 Å². The van der Waals surface area contributed by atoms with Crippen LogP contribution in [-0.2, 0) is 21.2 Å². The molecule has 0 radical (unpaired) electrons. The molecule has 8 heteroatoms. The number of hydrogen-bond acceptors (Lipinski definition) is 5. The van der Waals surface area contributed by atoms with Crippen molar-refractivity contribution in [3.63, 3.8) is 0 Å². The van der Waals surface area contributed by atoms with Crippen molar-refractivity contribution in [3.05, 3.63) is 23.3 Å². The number of carbonyl (C=O) groups is 1. The van der Waals surface area contributed by atoms with Gasteiger partial charge in [0.05, 0.1) is 6.26 Å². The normalized spacial score (nSPS) is 17.5. The predicted molar refractivity (Wildman–Crippen MR) is 82.7 cm³/mol. The smallest absolute Gasteiger partial charge is 0.217 e. The summed E-state index contributed by atoms with van der Waals surface area (Å²) in [5.74, 6) is 0.550. The molecule has 0 atom stereocenters. The van der Waals surface area contributed by atoms with Gasteiger partial charge in [-0.05, 0) is 32.3 Å². The number of rotatable bonds is 5. The highest BCUT2D eigenvalue weighted by molar-refractivity contribution is 7.88. The zero-order valence-corrected chi connectivity index (χ0v) is 13.8. The number of nitrogens with zero attached hydrogens (tertiary/aromatic N) is 3. The van der Waals surface area contributed by atoms with E-state index in [9.17, 15) is 13.2 Å². The minimum Gasteiger partial charge on any atom is -0.370 e. The van der Waals surface area contributed by atoms with E-state index in [2.05, 4.69) is 9.97 Å². The molecule has 2 N–H and O–H groups in total. The molecule has 1 saturated heterocycles. The van der Waals surface area contributed by atoms with Gasteiger partial charge in [0.15, 0.2) is 0 Å². The van der Waals surface area contributed by atoms with E-state index in [1.807, 2.05) is 13.0 Å². The van der Waals surface area contributed by atoms with Gasteiger partial charge in [0.1, 0.15) is 5.82 Å². The maximum atomic E-state index is 11.5. The summed E-state index contributed by atoms with van der Waals surface area (Å²) < 4.78 is 24.6. The first-order chi connectivity index (χ1) is 10.3. The number of sulfonamides is 1. The molecule has 2 heterocycles. The topological polar surface area (TPSA) is 106 Å². The average Bonchev–Trinajstić information content (AvgIpc) is 2.44. The van der Waals surface area contributed by atoms with Gasteiger partial charge in [0, 0.05) is 36.8 Å². The van der Waals surface area contributed by atoms with Crippen LogP contribution < -0.4 is 5.73 Å². The molecule has 0 aromatic carbocycles. The van der Waals surface area contributed by atoms with Crippen molar-refractivity contribution in [2.75, 3.05) is 19.3 Å². The minimum atomic E-state index is -3.12. The number of nitrogens with two attached hydrogens (primary N) is 1. The quantitative estimate of drug-likeness (QED) is 0.840. The Balaban J connectivity index is 2.08. The van der Waals surface area contributed by atoms with Gasteiger partial charge < -0.3 is 5.73 Å². The number of aromatic nitrogens is 2. The number of hydrogen-bond donors (Lipinski definition) is 1. The van der Waals surface area contributed by atoms with Gasteiger partial charge in [0.2, 0.25) is 15.9 Å². The van der Waals surface area contributed by atoms with Gasteiger partial charge >= 0.3 is 0 Å². The summed E-state index contributed by atoms with van der Waals surface area (Å²) in [7, 11) is -3.12. The Morgan fingerprint density at radius 2 is 2.00 bits per heavy atom. The van der Waals surface area contributed by atoms with Crippen LogP contribution in [0.4, 0.5) is 0 Å². The zero-order chi connectivity index (χ0) is 16.3. The molecule has 1 aromatic heterocycles. The molecular formula is C14H22N4O3S. The van der Waals surface area contributed by atoms with Crippen molar-refractivity contribution < 1.29 is 13.2 Å². The zero-order valence-electron chi connectivity index (χ0n) is 12.9. The molecule has 0 bridgehead atoms. The van der Waals surface area contributed by atoms with Crippen LogP contribution in [0.1, 0.15) is 42.4 Å². The van der Waals surface area contributed by atoms with Crippen molar-refractivity contribution in [1.82, 2.24) is 14.3 Å². The molecule has 0 aliphatic carbocycles. The van der Waals surface area contributed by atoms with E-state index in [4.69, 9.17) is 5.73 Å². The largest absolute Gasteiger partial charge is 0.370 e. The van der Waals surface area contributed by atoms with Gasteiger partial charge in [-0.25, -0.2) is 22.7 Å². The summed E-state index contributed by atoms with van der Waals surface area (Å²) in [6.45, 7) is 2.86. The maximum absolute atomic E-state index is 11.5. The summed E-state index contributed by atoms with van der Waals surface area (Å²) in [6, 6.07) is 1.91. The Morgan fingerprint density at radius 1 is 1.36 bits per heavy atom. The molecule has 0 unspecified atom stereocenters. The Bertz CT molecular complexity index is 652. The van der Waals surface area contributed by atoms with Crippen molar-refractivity contribution in [1.29, 1.82) is 0 Å². The molecule has 1 aromatic rings. The second-order valence-electron chi connectivity index (χ2n) is 5.73. The molecule has 1 aliphatic rings. The van der Waals surface area contributed by atoms with Crippen molar-refractivity contribution in [2.24, 2.45) is 5.73 Å². The molecule has 7 nitrogen and oxygen atoms in total. The van der Waals surface area contributed by atoms with Crippen LogP contribution in [0.2, 0.25) is 0 Å². The molecular weight excluding hydrogens is 304 g/mol. The third-order valence-corrected chi connectivity index (χ3v) is 5.18. The van der Waals surface area contributed by atoms with Gasteiger partial charge in [-0.2, -0.15) is 0 Å². The first kappa shape index (κ1) is 16.8. The van der Waals surface area contributed by atoms with Crippen LogP contribution >= 0.6 is 0 Å². The third kappa shape index (κ3) is 4.48. The van der Waals surface area contributed by atoms with Gasteiger partial charge in [-0.3, -0.25) is 4.79 Å². The maximum Gasteiger partial charge on any atom is 0.217 e. The van der Waals surface area contributed by atoms with E-state index in [1.165, 1.54) is 10.6 Å². The standard InChI is InChI=1S/C14H22N4O3S/c1-10-16-12(3-4-14(15)19)9-13(17-10)11-5-7-18(8-6-11)22(2,20)21/h9,11H,3-8H2,1-2H3,(H2,15,19). The predicted octanol–water partition coefficient (Wildman–Crippen LogP) is 0.342. The lowest BCUT2D eigenvalue weighted by Crippen LogP contribution is -2.37. The SMILES string of the molecule is Cc1nc(CCC(N)=O)cc(C2CCN(S(C)(=O)=O)CC2)n1. The molecule has 122 valence electrons. The molecule has 0 saturated carbocycles. The highest BCUT2D eigenvalue weighted by atomic mass is 32.2. The van der Waals surface area contributed by atoms with Gasteiger partial charge in [-0.15, -0.1) is 0 Å². The molecule has 1 aliphatic heterocycles. The van der Waals surface area contributed by atoms with Crippen LogP contribution in [-0.4, -0.2) is 47.9 Å². The summed E-state index contributed by atoms with van der Waals surface area (Å²) in [5.41, 5.74) is 6.91. The van der Waals surface area contributed by atoms with Crippen LogP contribution in [0.3, 0.4) is 0 Å². The summed E-state index contributed by atoms with van der Waals surface area (Å²) in [6.07, 6.45) is 3.51. The van der Waals surface area contributed by atoms with Crippen molar-refractivity contribution in [2.45, 2.75) is 38.5 Å². The lowest BCUT2D eigenvalue weighted by molar-refractivity contribution is -0.118. The summed E-state index contributed by atoms with van der Waals surface area (Å²) in [5, 5.41) is 0. The van der Waals surface area contributed by atoms with Crippen molar-refractivity contribution >= 4 is 15.9 Å². The number of primary amides is 1. The fourth-order valence-corrected chi connectivity index (χ4v) is 3.60. The van der Waals surface area contributed by atoms with Crippen LogP contribution in [0.15, 0.2) is 6.07 Å². The second-order valence-corrected chi connectivity index (χ2v) is 7.72. The van der Waals surface area contributed by atoms with Gasteiger partial charge in [0.25, 0.3) is 0 Å². The fraction of sp³-hybridized carbons (Fsp3) is 0.643. The van der Waals surface area contributed by atoms with E-state index in [1.54, 1.807) is 0 Å². The Hall–Kier alpha value is -1.54. The lowest BCUT2D eigenvalue weighted by Gasteiger charge is -2.30. The highest BCUT2D eigenvalue weighted by Crippen LogP contribution is 2.28. The molecule has 1 fully saturated rings. The summed E-state index contributed by atoms with van der Waals surface area (Å²) >= 11 is 0. The average molecular weight is 326 g/mol. The van der Waals surface area contributed by atoms with Crippen LogP contribution in [0, 0.1) is 6.92 Å². The number of aryl methyl sites for hydroxylation is 2. The van der Waals surface area contributed by atoms with Gasteiger partial charge in [-0.1, -0.05) is 0 Å². The number of piperidine rings is 1. The Kier molecular flexibility index (Phi) is 5.12. The summed E-state index contributed by atoms with van der Waals surface area (Å²) in [4.78, 5) is 19.7. The number of amides is 1. The molecule has 1 amide bonds. The monoisotopic (exact) mass is 326 g/mol. The van der Waals surface area contributed by atoms with E-state index in [0.717, 1.165) is 24.2 Å². The first-order valence-electron chi connectivity index (χ1n) is 7.33. The molecule has 2 rings (SSSR count). The fourth-order valence-electron chi connectivity index (χ4n) is 2.73. The Labute approximate surface area is 131 Å². The first-order valence-corrected chi connectivity index (χ1v) is 9.18. The van der Waals surface area contributed by atoms with E-state index in [0.29, 0.717) is 25.3 Å². The molecule has 0 spiro atoms. The van der Waals surface area contributed by atoms with Crippen LogP contribution in [0.5, 0.6) is 0 Å². The minimum absolute atomic E-state index is 0.229. The molecule has 22 heavy (non-hydrogen) atoms. The van der Waals surface area contributed by atoms with Crippen LogP contribution in [0.25, 0.3) is 0 Å². The lowest BCUT2D eigenvalue weighted by atomic mass is 9.93. The second kappa shape index (κ2) is 6.70. The van der Waals surface area contributed by atoms with Crippen molar-refractivity contribution in [3.8, 4) is 0 Å².